The summed E-state index contributed by atoms with van der Waals surface area (Å²) >= 11 is 0. The SMILES string of the molecule is COc1cccc(C[C@H](C2CCN(C(=O)[C@H]3CC=CCC3)CC2)N(C)C(=O)CC(C)C)c1. The molecule has 3 rings (SSSR count). The molecule has 176 valence electrons. The number of hydrogen-bond donors (Lipinski definition) is 0. The van der Waals surface area contributed by atoms with Crippen LogP contribution in [0.25, 0.3) is 0 Å². The zero-order chi connectivity index (χ0) is 23.1. The van der Waals surface area contributed by atoms with Crippen molar-refractivity contribution in [2.75, 3.05) is 27.2 Å². The molecule has 2 aliphatic rings. The molecule has 0 bridgehead atoms. The van der Waals surface area contributed by atoms with Crippen LogP contribution >= 0.6 is 0 Å². The summed E-state index contributed by atoms with van der Waals surface area (Å²) in [7, 11) is 3.64. The molecular weight excluding hydrogens is 400 g/mol. The minimum atomic E-state index is 0.128. The van der Waals surface area contributed by atoms with E-state index in [9.17, 15) is 9.59 Å². The molecule has 1 fully saturated rings. The number of amides is 2. The van der Waals surface area contributed by atoms with E-state index in [1.54, 1.807) is 7.11 Å². The van der Waals surface area contributed by atoms with Crippen molar-refractivity contribution in [1.29, 1.82) is 0 Å². The highest BCUT2D eigenvalue weighted by Crippen LogP contribution is 2.30. The van der Waals surface area contributed by atoms with Crippen LogP contribution < -0.4 is 4.74 Å². The molecule has 1 saturated heterocycles. The average Bonchev–Trinajstić information content (AvgIpc) is 2.82. The fourth-order valence-electron chi connectivity index (χ4n) is 5.12. The molecule has 0 spiro atoms. The van der Waals surface area contributed by atoms with Crippen LogP contribution in [0.4, 0.5) is 0 Å². The van der Waals surface area contributed by atoms with E-state index in [1.165, 1.54) is 5.56 Å². The van der Waals surface area contributed by atoms with Crippen LogP contribution in [0.5, 0.6) is 5.75 Å². The van der Waals surface area contributed by atoms with E-state index in [0.29, 0.717) is 24.2 Å². The summed E-state index contributed by atoms with van der Waals surface area (Å²) in [5.74, 6) is 2.25. The summed E-state index contributed by atoms with van der Waals surface area (Å²) in [5.41, 5.74) is 1.19. The van der Waals surface area contributed by atoms with Crippen LogP contribution in [0.2, 0.25) is 0 Å². The maximum Gasteiger partial charge on any atom is 0.226 e. The Hall–Kier alpha value is -2.30. The number of nitrogens with zero attached hydrogens (tertiary/aromatic N) is 2. The Morgan fingerprint density at radius 3 is 2.53 bits per heavy atom. The first-order valence-electron chi connectivity index (χ1n) is 12.2. The van der Waals surface area contributed by atoms with Crippen molar-refractivity contribution in [3.63, 3.8) is 0 Å². The van der Waals surface area contributed by atoms with Crippen molar-refractivity contribution in [2.24, 2.45) is 17.8 Å². The van der Waals surface area contributed by atoms with Crippen molar-refractivity contribution in [3.05, 3.63) is 42.0 Å². The van der Waals surface area contributed by atoms with Gasteiger partial charge in [-0.2, -0.15) is 0 Å². The Kier molecular flexibility index (Phi) is 8.77. The van der Waals surface area contributed by atoms with Gasteiger partial charge < -0.3 is 14.5 Å². The summed E-state index contributed by atoms with van der Waals surface area (Å²) in [6, 6.07) is 8.29. The Labute approximate surface area is 193 Å². The normalized spacial score (nSPS) is 20.3. The summed E-state index contributed by atoms with van der Waals surface area (Å²) < 4.78 is 5.41. The second kappa shape index (κ2) is 11.5. The number of piperidine rings is 1. The molecule has 2 atom stereocenters. The second-order valence-electron chi connectivity index (χ2n) is 9.87. The summed E-state index contributed by atoms with van der Waals surface area (Å²) in [6.45, 7) is 5.77. The highest BCUT2D eigenvalue weighted by molar-refractivity contribution is 5.79. The number of likely N-dealkylation sites (tertiary alicyclic amines) is 1. The number of rotatable bonds is 8. The first-order valence-corrected chi connectivity index (χ1v) is 12.2. The quantitative estimate of drug-likeness (QED) is 0.550. The molecule has 1 aliphatic carbocycles. The lowest BCUT2D eigenvalue weighted by molar-refractivity contribution is -0.139. The first-order chi connectivity index (χ1) is 15.4. The first kappa shape index (κ1) is 24.3. The maximum atomic E-state index is 13.0. The van der Waals surface area contributed by atoms with E-state index in [2.05, 4.69) is 43.0 Å². The highest BCUT2D eigenvalue weighted by Gasteiger charge is 2.34. The number of benzene rings is 1. The molecule has 1 aliphatic heterocycles. The predicted octanol–water partition coefficient (Wildman–Crippen LogP) is 4.71. The fourth-order valence-corrected chi connectivity index (χ4v) is 5.12. The smallest absolute Gasteiger partial charge is 0.226 e. The van der Waals surface area contributed by atoms with Crippen molar-refractivity contribution in [2.45, 2.75) is 64.8 Å². The number of carbonyl (C=O) groups excluding carboxylic acids is 2. The predicted molar refractivity (Wildman–Crippen MR) is 128 cm³/mol. The Morgan fingerprint density at radius 2 is 1.91 bits per heavy atom. The third kappa shape index (κ3) is 6.36. The van der Waals surface area contributed by atoms with E-state index in [-0.39, 0.29) is 17.9 Å². The van der Waals surface area contributed by atoms with Gasteiger partial charge in [-0.3, -0.25) is 9.59 Å². The van der Waals surface area contributed by atoms with Crippen molar-refractivity contribution >= 4 is 11.8 Å². The molecule has 1 aromatic rings. The Balaban J connectivity index is 1.69. The average molecular weight is 441 g/mol. The van der Waals surface area contributed by atoms with Gasteiger partial charge in [0.25, 0.3) is 0 Å². The third-order valence-electron chi connectivity index (χ3n) is 7.07. The number of allylic oxidation sites excluding steroid dienone is 2. The fraction of sp³-hybridized carbons (Fsp3) is 0.630. The zero-order valence-corrected chi connectivity index (χ0v) is 20.3. The van der Waals surface area contributed by atoms with Crippen LogP contribution in [0, 0.1) is 17.8 Å². The molecule has 0 radical (unpaired) electrons. The number of likely N-dealkylation sites (N-methyl/N-ethyl adjacent to an activating group) is 1. The van der Waals surface area contributed by atoms with Crippen molar-refractivity contribution < 1.29 is 14.3 Å². The molecule has 1 heterocycles. The van der Waals surface area contributed by atoms with E-state index in [4.69, 9.17) is 4.74 Å². The molecule has 0 aromatic heterocycles. The highest BCUT2D eigenvalue weighted by atomic mass is 16.5. The minimum Gasteiger partial charge on any atom is -0.497 e. The van der Waals surface area contributed by atoms with E-state index in [0.717, 1.165) is 57.4 Å². The standard InChI is InChI=1S/C27H40N2O3/c1-20(2)17-26(30)28(3)25(19-21-9-8-12-24(18-21)32-4)22-13-15-29(16-14-22)27(31)23-10-6-5-7-11-23/h5-6,8-9,12,18,20,22-23,25H,7,10-11,13-17,19H2,1-4H3/t23-,25+/m0/s1. The maximum absolute atomic E-state index is 13.0. The van der Waals surface area contributed by atoms with E-state index in [1.807, 2.05) is 24.1 Å². The van der Waals surface area contributed by atoms with E-state index >= 15 is 0 Å². The molecule has 0 saturated carbocycles. The van der Waals surface area contributed by atoms with Crippen LogP contribution in [0.15, 0.2) is 36.4 Å². The van der Waals surface area contributed by atoms with Gasteiger partial charge in [-0.05, 0) is 68.1 Å². The molecule has 0 N–H and O–H groups in total. The number of methoxy groups -OCH3 is 1. The Bertz CT molecular complexity index is 796. The molecule has 2 amide bonds. The minimum absolute atomic E-state index is 0.128. The number of hydrogen-bond acceptors (Lipinski definition) is 3. The summed E-state index contributed by atoms with van der Waals surface area (Å²) in [6.07, 6.45) is 10.5. The van der Waals surface area contributed by atoms with Gasteiger partial charge in [0.1, 0.15) is 5.75 Å². The lowest BCUT2D eigenvalue weighted by Gasteiger charge is -2.41. The van der Waals surface area contributed by atoms with Gasteiger partial charge in [0, 0.05) is 38.5 Å². The van der Waals surface area contributed by atoms with Gasteiger partial charge in [-0.1, -0.05) is 38.1 Å². The summed E-state index contributed by atoms with van der Waals surface area (Å²) in [4.78, 5) is 30.0. The van der Waals surface area contributed by atoms with Crippen molar-refractivity contribution in [3.8, 4) is 5.75 Å². The van der Waals surface area contributed by atoms with Crippen LogP contribution in [0.3, 0.4) is 0 Å². The van der Waals surface area contributed by atoms with Crippen LogP contribution in [-0.4, -0.2) is 54.9 Å². The van der Waals surface area contributed by atoms with E-state index < -0.39 is 0 Å². The molecule has 1 aromatic carbocycles. The van der Waals surface area contributed by atoms with Gasteiger partial charge in [0.2, 0.25) is 11.8 Å². The third-order valence-corrected chi connectivity index (χ3v) is 7.07. The van der Waals surface area contributed by atoms with Gasteiger partial charge in [-0.25, -0.2) is 0 Å². The van der Waals surface area contributed by atoms with Crippen molar-refractivity contribution in [1.82, 2.24) is 9.80 Å². The molecule has 0 unspecified atom stereocenters. The molecule has 5 heteroatoms. The van der Waals surface area contributed by atoms with Gasteiger partial charge >= 0.3 is 0 Å². The lowest BCUT2D eigenvalue weighted by atomic mass is 9.84. The second-order valence-corrected chi connectivity index (χ2v) is 9.87. The monoisotopic (exact) mass is 440 g/mol. The van der Waals surface area contributed by atoms with Gasteiger partial charge in [0.05, 0.1) is 7.11 Å². The molecule has 5 nitrogen and oxygen atoms in total. The number of ether oxygens (including phenoxy) is 1. The topological polar surface area (TPSA) is 49.9 Å². The van der Waals surface area contributed by atoms with Gasteiger partial charge in [-0.15, -0.1) is 0 Å². The van der Waals surface area contributed by atoms with Crippen LogP contribution in [-0.2, 0) is 16.0 Å². The lowest BCUT2D eigenvalue weighted by Crippen LogP contribution is -2.49. The molecular formula is C27H40N2O3. The molecule has 32 heavy (non-hydrogen) atoms. The summed E-state index contributed by atoms with van der Waals surface area (Å²) in [5, 5.41) is 0. The van der Waals surface area contributed by atoms with Crippen LogP contribution in [0.1, 0.15) is 57.9 Å². The largest absolute Gasteiger partial charge is 0.497 e. The zero-order valence-electron chi connectivity index (χ0n) is 20.3. The Morgan fingerprint density at radius 1 is 1.16 bits per heavy atom. The number of carbonyl (C=O) groups is 2. The van der Waals surface area contributed by atoms with Gasteiger partial charge in [0.15, 0.2) is 0 Å².